The van der Waals surface area contributed by atoms with Crippen molar-refractivity contribution >= 4 is 23.2 Å². The fourth-order valence-electron chi connectivity index (χ4n) is 2.87. The molecule has 0 aliphatic carbocycles. The predicted molar refractivity (Wildman–Crippen MR) is 94.4 cm³/mol. The zero-order valence-corrected chi connectivity index (χ0v) is 14.4. The number of hydrogen-bond donors (Lipinski definition) is 1. The van der Waals surface area contributed by atoms with Gasteiger partial charge in [0.25, 0.3) is 11.6 Å². The molecule has 0 radical (unpaired) electrons. The minimum atomic E-state index is -0.552. The molecule has 130 valence electrons. The monoisotopic (exact) mass is 360 g/mol. The molecule has 1 aliphatic heterocycles. The van der Waals surface area contributed by atoms with E-state index in [2.05, 4.69) is 11.4 Å². The van der Waals surface area contributed by atoms with Gasteiger partial charge in [0.1, 0.15) is 5.75 Å². The lowest BCUT2D eigenvalue weighted by Crippen LogP contribution is -2.34. The van der Waals surface area contributed by atoms with Gasteiger partial charge in [0, 0.05) is 24.6 Å². The number of fused-ring (bicyclic) bond motifs is 1. The van der Waals surface area contributed by atoms with Crippen molar-refractivity contribution in [2.75, 3.05) is 6.61 Å². The van der Waals surface area contributed by atoms with Gasteiger partial charge < -0.3 is 10.1 Å². The summed E-state index contributed by atoms with van der Waals surface area (Å²) in [5, 5.41) is 13.9. The van der Waals surface area contributed by atoms with Gasteiger partial charge in [0.2, 0.25) is 0 Å². The zero-order chi connectivity index (χ0) is 18.0. The Labute approximate surface area is 149 Å². The first kappa shape index (κ1) is 17.2. The fraction of sp³-hybridized carbons (Fsp3) is 0.278. The summed E-state index contributed by atoms with van der Waals surface area (Å²) in [4.78, 5) is 22.7. The number of rotatable bonds is 5. The second-order valence-corrected chi connectivity index (χ2v) is 6.45. The van der Waals surface area contributed by atoms with E-state index in [4.69, 9.17) is 16.3 Å². The Morgan fingerprint density at radius 2 is 2.16 bits per heavy atom. The molecule has 1 N–H and O–H groups in total. The normalized spacial score (nSPS) is 13.7. The number of ether oxygens (including phenoxy) is 1. The Bertz CT molecular complexity index is 838. The van der Waals surface area contributed by atoms with Crippen LogP contribution in [0.1, 0.15) is 28.4 Å². The summed E-state index contributed by atoms with van der Waals surface area (Å²) in [6.45, 7) is 2.59. The first-order valence-electron chi connectivity index (χ1n) is 7.93. The topological polar surface area (TPSA) is 81.5 Å². The van der Waals surface area contributed by atoms with Crippen molar-refractivity contribution in [3.8, 4) is 5.75 Å². The van der Waals surface area contributed by atoms with E-state index in [0.29, 0.717) is 13.0 Å². The van der Waals surface area contributed by atoms with Crippen LogP contribution in [0.15, 0.2) is 36.4 Å². The summed E-state index contributed by atoms with van der Waals surface area (Å²) in [7, 11) is 0. The van der Waals surface area contributed by atoms with E-state index in [9.17, 15) is 14.9 Å². The van der Waals surface area contributed by atoms with Gasteiger partial charge in [-0.25, -0.2) is 0 Å². The lowest BCUT2D eigenvalue weighted by molar-refractivity contribution is -0.384. The third-order valence-electron chi connectivity index (χ3n) is 4.08. The number of non-ortho nitro benzene ring substituents is 1. The number of carbonyl (C=O) groups excluding carboxylic acids is 1. The molecule has 1 aliphatic rings. The number of nitro benzene ring substituents is 1. The highest BCUT2D eigenvalue weighted by molar-refractivity contribution is 6.33. The van der Waals surface area contributed by atoms with Crippen LogP contribution in [0.2, 0.25) is 5.02 Å². The average molecular weight is 361 g/mol. The first-order valence-corrected chi connectivity index (χ1v) is 8.31. The first-order chi connectivity index (χ1) is 11.9. The van der Waals surface area contributed by atoms with E-state index in [-0.39, 0.29) is 22.3 Å². The van der Waals surface area contributed by atoms with Crippen LogP contribution in [0.4, 0.5) is 5.69 Å². The maximum atomic E-state index is 12.4. The molecule has 0 saturated carbocycles. The lowest BCUT2D eigenvalue weighted by atomic mass is 10.0. The number of nitrogens with one attached hydrogen (secondary N) is 1. The van der Waals surface area contributed by atoms with Crippen molar-refractivity contribution in [2.24, 2.45) is 0 Å². The predicted octanol–water partition coefficient (Wildman–Crippen LogP) is 3.54. The van der Waals surface area contributed by atoms with Crippen LogP contribution < -0.4 is 10.1 Å². The molecule has 2 aromatic carbocycles. The van der Waals surface area contributed by atoms with E-state index in [1.54, 1.807) is 0 Å². The van der Waals surface area contributed by atoms with Crippen molar-refractivity contribution in [1.82, 2.24) is 5.32 Å². The number of nitrogens with zero attached hydrogens (tertiary/aromatic N) is 1. The second kappa shape index (κ2) is 7.11. The minimum absolute atomic E-state index is 0.102. The number of benzene rings is 2. The Morgan fingerprint density at radius 3 is 2.92 bits per heavy atom. The highest BCUT2D eigenvalue weighted by atomic mass is 35.5. The van der Waals surface area contributed by atoms with E-state index in [1.165, 1.54) is 23.8 Å². The van der Waals surface area contributed by atoms with Crippen molar-refractivity contribution in [2.45, 2.75) is 25.8 Å². The maximum Gasteiger partial charge on any atom is 0.270 e. The highest BCUT2D eigenvalue weighted by Crippen LogP contribution is 2.26. The summed E-state index contributed by atoms with van der Waals surface area (Å²) < 4.78 is 5.49. The minimum Gasteiger partial charge on any atom is -0.493 e. The molecule has 0 bridgehead atoms. The molecule has 25 heavy (non-hydrogen) atoms. The third kappa shape index (κ3) is 3.91. The van der Waals surface area contributed by atoms with E-state index < -0.39 is 10.8 Å². The molecule has 7 heteroatoms. The van der Waals surface area contributed by atoms with Gasteiger partial charge in [-0.3, -0.25) is 14.9 Å². The summed E-state index contributed by atoms with van der Waals surface area (Å²) >= 11 is 6.01. The Morgan fingerprint density at radius 1 is 1.36 bits per heavy atom. The lowest BCUT2D eigenvalue weighted by Gasteiger charge is -2.15. The molecule has 3 rings (SSSR count). The van der Waals surface area contributed by atoms with Gasteiger partial charge in [0.05, 0.1) is 22.1 Å². The molecule has 0 fully saturated rings. The van der Waals surface area contributed by atoms with Crippen molar-refractivity contribution in [1.29, 1.82) is 0 Å². The molecule has 2 aromatic rings. The number of carbonyl (C=O) groups is 1. The number of amides is 1. The molecule has 0 spiro atoms. The van der Waals surface area contributed by atoms with Gasteiger partial charge in [-0.15, -0.1) is 0 Å². The molecule has 1 heterocycles. The van der Waals surface area contributed by atoms with E-state index in [0.717, 1.165) is 17.7 Å². The quantitative estimate of drug-likeness (QED) is 0.653. The standard InChI is InChI=1S/C18H17ClN2O4/c1-11(8-12-2-5-17-13(9-12)6-7-25-17)20-18(22)15-10-14(21(23)24)3-4-16(15)19/h2-5,9-11H,6-8H2,1H3,(H,20,22). The molecular weight excluding hydrogens is 344 g/mol. The highest BCUT2D eigenvalue weighted by Gasteiger charge is 2.18. The SMILES string of the molecule is CC(Cc1ccc2c(c1)CCO2)NC(=O)c1cc([N+](=O)[O-])ccc1Cl. The molecule has 0 saturated heterocycles. The smallest absolute Gasteiger partial charge is 0.270 e. The Kier molecular flexibility index (Phi) is 4.90. The van der Waals surface area contributed by atoms with Gasteiger partial charge in [-0.2, -0.15) is 0 Å². The van der Waals surface area contributed by atoms with Crippen LogP contribution in [0.25, 0.3) is 0 Å². The fourth-order valence-corrected chi connectivity index (χ4v) is 3.08. The van der Waals surface area contributed by atoms with Crippen molar-refractivity contribution in [3.63, 3.8) is 0 Å². The van der Waals surface area contributed by atoms with Gasteiger partial charge in [-0.1, -0.05) is 23.7 Å². The molecule has 1 unspecified atom stereocenters. The molecular formula is C18H17ClN2O4. The van der Waals surface area contributed by atoms with Crippen LogP contribution in [0.5, 0.6) is 5.75 Å². The Balaban J connectivity index is 1.68. The van der Waals surface area contributed by atoms with Crippen LogP contribution in [0, 0.1) is 10.1 Å². The van der Waals surface area contributed by atoms with Crippen LogP contribution in [-0.2, 0) is 12.8 Å². The third-order valence-corrected chi connectivity index (χ3v) is 4.41. The molecule has 6 nitrogen and oxygen atoms in total. The molecule has 1 atom stereocenters. The number of halogens is 1. The van der Waals surface area contributed by atoms with Crippen LogP contribution in [-0.4, -0.2) is 23.5 Å². The van der Waals surface area contributed by atoms with Gasteiger partial charge >= 0.3 is 0 Å². The van der Waals surface area contributed by atoms with Crippen molar-refractivity contribution in [3.05, 3.63) is 68.2 Å². The van der Waals surface area contributed by atoms with Gasteiger partial charge in [-0.05, 0) is 36.6 Å². The largest absolute Gasteiger partial charge is 0.493 e. The van der Waals surface area contributed by atoms with Crippen LogP contribution in [0.3, 0.4) is 0 Å². The molecule has 1 amide bonds. The van der Waals surface area contributed by atoms with Crippen LogP contribution >= 0.6 is 11.6 Å². The van der Waals surface area contributed by atoms with Gasteiger partial charge in [0.15, 0.2) is 0 Å². The number of hydrogen-bond acceptors (Lipinski definition) is 4. The average Bonchev–Trinajstić information content (AvgIpc) is 3.02. The summed E-state index contributed by atoms with van der Waals surface area (Å²) in [5.74, 6) is 0.495. The maximum absolute atomic E-state index is 12.4. The summed E-state index contributed by atoms with van der Waals surface area (Å²) in [5.41, 5.74) is 2.21. The summed E-state index contributed by atoms with van der Waals surface area (Å²) in [6.07, 6.45) is 1.54. The van der Waals surface area contributed by atoms with Crippen molar-refractivity contribution < 1.29 is 14.5 Å². The second-order valence-electron chi connectivity index (χ2n) is 6.04. The van der Waals surface area contributed by atoms with E-state index in [1.807, 2.05) is 19.1 Å². The summed E-state index contributed by atoms with van der Waals surface area (Å²) in [6, 6.07) is 9.69. The van der Waals surface area contributed by atoms with E-state index >= 15 is 0 Å². The Hall–Kier alpha value is -2.60. The number of nitro groups is 1. The molecule has 0 aromatic heterocycles. The zero-order valence-electron chi connectivity index (χ0n) is 13.6.